The molecular weight excluding hydrogens is 362 g/mol. The molecule has 0 aliphatic heterocycles. The highest BCUT2D eigenvalue weighted by Gasteiger charge is 2.12. The summed E-state index contributed by atoms with van der Waals surface area (Å²) in [6.45, 7) is 2.07. The summed E-state index contributed by atoms with van der Waals surface area (Å²) in [5, 5.41) is 6.06. The molecule has 0 aliphatic rings. The number of nitrogens with zero attached hydrogens (tertiary/aromatic N) is 1. The molecule has 0 radical (unpaired) electrons. The number of rotatable bonds is 5. The van der Waals surface area contributed by atoms with Crippen molar-refractivity contribution in [2.45, 2.75) is 13.3 Å². The number of benzene rings is 2. The van der Waals surface area contributed by atoms with Crippen LogP contribution in [0.3, 0.4) is 0 Å². The van der Waals surface area contributed by atoms with E-state index in [0.29, 0.717) is 22.0 Å². The van der Waals surface area contributed by atoms with Crippen LogP contribution in [0.4, 0.5) is 11.4 Å². The van der Waals surface area contributed by atoms with Crippen LogP contribution in [-0.2, 0) is 6.42 Å². The first-order chi connectivity index (χ1) is 13.0. The van der Waals surface area contributed by atoms with Gasteiger partial charge in [0.25, 0.3) is 11.8 Å². The average molecular weight is 380 g/mol. The molecule has 3 rings (SSSR count). The third kappa shape index (κ3) is 4.92. The Bertz CT molecular complexity index is 971. The molecule has 0 saturated heterocycles. The van der Waals surface area contributed by atoms with E-state index in [-0.39, 0.29) is 17.4 Å². The lowest BCUT2D eigenvalue weighted by molar-refractivity contribution is 0.102. The summed E-state index contributed by atoms with van der Waals surface area (Å²) in [5.41, 5.74) is 3.02. The summed E-state index contributed by atoms with van der Waals surface area (Å²) < 4.78 is 0. The fraction of sp³-hybridized carbons (Fsp3) is 0.0952. The molecule has 0 fully saturated rings. The number of nitrogens with one attached hydrogen (secondary N) is 2. The van der Waals surface area contributed by atoms with Crippen molar-refractivity contribution in [2.24, 2.45) is 0 Å². The summed E-state index contributed by atoms with van der Waals surface area (Å²) in [4.78, 5) is 28.9. The highest BCUT2D eigenvalue weighted by atomic mass is 35.5. The van der Waals surface area contributed by atoms with Gasteiger partial charge in [-0.05, 0) is 48.4 Å². The Labute approximate surface area is 162 Å². The average Bonchev–Trinajstić information content (AvgIpc) is 2.68. The van der Waals surface area contributed by atoms with Crippen molar-refractivity contribution in [3.05, 3.63) is 88.7 Å². The van der Waals surface area contributed by atoms with Gasteiger partial charge < -0.3 is 10.6 Å². The predicted molar refractivity (Wildman–Crippen MR) is 107 cm³/mol. The van der Waals surface area contributed by atoms with Crippen LogP contribution in [0.2, 0.25) is 5.02 Å². The van der Waals surface area contributed by atoms with E-state index < -0.39 is 0 Å². The van der Waals surface area contributed by atoms with Crippen molar-refractivity contribution in [3.63, 3.8) is 0 Å². The van der Waals surface area contributed by atoms with Crippen LogP contribution in [0.15, 0.2) is 67.0 Å². The number of amides is 2. The van der Waals surface area contributed by atoms with Gasteiger partial charge >= 0.3 is 0 Å². The van der Waals surface area contributed by atoms with E-state index in [1.54, 1.807) is 24.3 Å². The highest BCUT2D eigenvalue weighted by molar-refractivity contribution is 6.31. The van der Waals surface area contributed by atoms with Gasteiger partial charge in [0.1, 0.15) is 0 Å². The molecule has 3 aromatic rings. The molecule has 2 amide bonds. The Morgan fingerprint density at radius 3 is 2.11 bits per heavy atom. The van der Waals surface area contributed by atoms with E-state index in [9.17, 15) is 9.59 Å². The maximum Gasteiger partial charge on any atom is 0.257 e. The van der Waals surface area contributed by atoms with E-state index in [2.05, 4.69) is 22.5 Å². The second-order valence-corrected chi connectivity index (χ2v) is 6.37. The topological polar surface area (TPSA) is 71.1 Å². The molecule has 0 unspecified atom stereocenters. The standard InChI is InChI=1S/C21H18ClN3O2/c1-2-14-6-8-18(9-7-14)24-20(26)15-10-16(13-23-12-15)21(27)25-19-5-3-4-17(22)11-19/h3-13H,2H2,1H3,(H,24,26)(H,25,27). The van der Waals surface area contributed by atoms with E-state index in [1.807, 2.05) is 24.3 Å². The molecular formula is C21H18ClN3O2. The van der Waals surface area contributed by atoms with E-state index in [1.165, 1.54) is 24.0 Å². The first-order valence-electron chi connectivity index (χ1n) is 8.47. The number of anilines is 2. The lowest BCUT2D eigenvalue weighted by atomic mass is 10.1. The minimum absolute atomic E-state index is 0.281. The highest BCUT2D eigenvalue weighted by Crippen LogP contribution is 2.16. The second-order valence-electron chi connectivity index (χ2n) is 5.93. The largest absolute Gasteiger partial charge is 0.322 e. The Balaban J connectivity index is 1.71. The van der Waals surface area contributed by atoms with Crippen LogP contribution in [0.5, 0.6) is 0 Å². The molecule has 0 saturated carbocycles. The number of carbonyl (C=O) groups is 2. The quantitative estimate of drug-likeness (QED) is 0.668. The molecule has 2 N–H and O–H groups in total. The zero-order valence-electron chi connectivity index (χ0n) is 14.7. The Kier molecular flexibility index (Phi) is 5.84. The van der Waals surface area contributed by atoms with Crippen LogP contribution in [-0.4, -0.2) is 16.8 Å². The molecule has 136 valence electrons. The van der Waals surface area contributed by atoms with E-state index in [4.69, 9.17) is 11.6 Å². The smallest absolute Gasteiger partial charge is 0.257 e. The minimum Gasteiger partial charge on any atom is -0.322 e. The molecule has 27 heavy (non-hydrogen) atoms. The van der Waals surface area contributed by atoms with E-state index in [0.717, 1.165) is 6.42 Å². The summed E-state index contributed by atoms with van der Waals surface area (Å²) in [5.74, 6) is -0.698. The minimum atomic E-state index is -0.369. The van der Waals surface area contributed by atoms with Crippen molar-refractivity contribution in [1.82, 2.24) is 4.98 Å². The van der Waals surface area contributed by atoms with Crippen LogP contribution in [0.25, 0.3) is 0 Å². The van der Waals surface area contributed by atoms with Crippen LogP contribution in [0, 0.1) is 0 Å². The summed E-state index contributed by atoms with van der Waals surface area (Å²) in [6.07, 6.45) is 3.76. The molecule has 1 aromatic heterocycles. The van der Waals surface area contributed by atoms with Crippen molar-refractivity contribution >= 4 is 34.8 Å². The SMILES string of the molecule is CCc1ccc(NC(=O)c2cncc(C(=O)Nc3cccc(Cl)c3)c2)cc1. The van der Waals surface area contributed by atoms with Crippen LogP contribution < -0.4 is 10.6 Å². The molecule has 1 heterocycles. The maximum absolute atomic E-state index is 12.4. The zero-order chi connectivity index (χ0) is 19.2. The van der Waals surface area contributed by atoms with Gasteiger partial charge in [0.05, 0.1) is 11.1 Å². The summed E-state index contributed by atoms with van der Waals surface area (Å²) in [7, 11) is 0. The van der Waals surface area contributed by atoms with Gasteiger partial charge in [-0.2, -0.15) is 0 Å². The number of hydrogen-bond donors (Lipinski definition) is 2. The van der Waals surface area contributed by atoms with Gasteiger partial charge in [-0.3, -0.25) is 14.6 Å². The Morgan fingerprint density at radius 1 is 0.889 bits per heavy atom. The Hall–Kier alpha value is -3.18. The van der Waals surface area contributed by atoms with Gasteiger partial charge in [0, 0.05) is 28.8 Å². The lowest BCUT2D eigenvalue weighted by Gasteiger charge is -2.08. The second kappa shape index (κ2) is 8.47. The fourth-order valence-corrected chi connectivity index (χ4v) is 2.68. The molecule has 5 nitrogen and oxygen atoms in total. The van der Waals surface area contributed by atoms with Gasteiger partial charge in [0.2, 0.25) is 0 Å². The molecule has 2 aromatic carbocycles. The third-order valence-electron chi connectivity index (χ3n) is 3.97. The predicted octanol–water partition coefficient (Wildman–Crippen LogP) is 4.80. The molecule has 0 spiro atoms. The van der Waals surface area contributed by atoms with Crippen molar-refractivity contribution in [3.8, 4) is 0 Å². The molecule has 0 aliphatic carbocycles. The van der Waals surface area contributed by atoms with E-state index >= 15 is 0 Å². The summed E-state index contributed by atoms with van der Waals surface area (Å²) in [6, 6.07) is 15.9. The number of aromatic nitrogens is 1. The molecule has 0 bridgehead atoms. The van der Waals surface area contributed by atoms with Gasteiger partial charge in [-0.1, -0.05) is 36.7 Å². The van der Waals surface area contributed by atoms with Gasteiger partial charge in [-0.25, -0.2) is 0 Å². The van der Waals surface area contributed by atoms with Crippen molar-refractivity contribution in [1.29, 1.82) is 0 Å². The number of hydrogen-bond acceptors (Lipinski definition) is 3. The Morgan fingerprint density at radius 2 is 1.52 bits per heavy atom. The lowest BCUT2D eigenvalue weighted by Crippen LogP contribution is -2.16. The van der Waals surface area contributed by atoms with Crippen molar-refractivity contribution in [2.75, 3.05) is 10.6 Å². The number of halogens is 1. The number of carbonyl (C=O) groups excluding carboxylic acids is 2. The summed E-state index contributed by atoms with van der Waals surface area (Å²) >= 11 is 5.92. The van der Waals surface area contributed by atoms with Crippen LogP contribution >= 0.6 is 11.6 Å². The van der Waals surface area contributed by atoms with Crippen molar-refractivity contribution < 1.29 is 9.59 Å². The van der Waals surface area contributed by atoms with Crippen LogP contribution in [0.1, 0.15) is 33.2 Å². The first-order valence-corrected chi connectivity index (χ1v) is 8.85. The fourth-order valence-electron chi connectivity index (χ4n) is 2.48. The maximum atomic E-state index is 12.4. The third-order valence-corrected chi connectivity index (χ3v) is 4.20. The normalized spacial score (nSPS) is 10.3. The zero-order valence-corrected chi connectivity index (χ0v) is 15.5. The first kappa shape index (κ1) is 18.6. The van der Waals surface area contributed by atoms with Gasteiger partial charge in [0.15, 0.2) is 0 Å². The monoisotopic (exact) mass is 379 g/mol. The number of aryl methyl sites for hydroxylation is 1. The molecule has 6 heteroatoms. The number of pyridine rings is 1. The molecule has 0 atom stereocenters. The van der Waals surface area contributed by atoms with Gasteiger partial charge in [-0.15, -0.1) is 0 Å².